The summed E-state index contributed by atoms with van der Waals surface area (Å²) < 4.78 is 7.61. The molecule has 1 aliphatic heterocycles. The molecule has 0 saturated carbocycles. The van der Waals surface area contributed by atoms with Crippen LogP contribution in [0.15, 0.2) is 30.9 Å². The van der Waals surface area contributed by atoms with Gasteiger partial charge < -0.3 is 19.2 Å². The second kappa shape index (κ2) is 5.77. The van der Waals surface area contributed by atoms with Crippen molar-refractivity contribution in [1.29, 1.82) is 0 Å². The Balaban J connectivity index is 1.76. The van der Waals surface area contributed by atoms with Gasteiger partial charge >= 0.3 is 0 Å². The van der Waals surface area contributed by atoms with Crippen molar-refractivity contribution in [2.75, 3.05) is 24.7 Å². The van der Waals surface area contributed by atoms with E-state index in [1.807, 2.05) is 36.3 Å². The highest BCUT2D eigenvalue weighted by molar-refractivity contribution is 5.95. The van der Waals surface area contributed by atoms with Gasteiger partial charge in [0, 0.05) is 25.2 Å². The van der Waals surface area contributed by atoms with E-state index in [0.717, 1.165) is 45.7 Å². The lowest BCUT2D eigenvalue weighted by molar-refractivity contribution is 0.0987. The number of morpholine rings is 1. The average Bonchev–Trinajstić information content (AvgIpc) is 3.28. The molecule has 0 spiro atoms. The number of H-pyrrole nitrogens is 1. The lowest BCUT2D eigenvalue weighted by Gasteiger charge is -2.34. The molecule has 0 amide bonds. The zero-order chi connectivity index (χ0) is 17.7. The summed E-state index contributed by atoms with van der Waals surface area (Å²) in [5.74, 6) is 0.878. The van der Waals surface area contributed by atoms with E-state index in [0.29, 0.717) is 13.2 Å². The van der Waals surface area contributed by atoms with Crippen LogP contribution in [0.3, 0.4) is 0 Å². The first-order valence-corrected chi connectivity index (χ1v) is 8.68. The van der Waals surface area contributed by atoms with Crippen LogP contribution in [0.2, 0.25) is 0 Å². The van der Waals surface area contributed by atoms with Gasteiger partial charge in [0.15, 0.2) is 5.82 Å². The molecule has 0 radical (unpaired) electrons. The quantitative estimate of drug-likeness (QED) is 0.597. The Kier molecular flexibility index (Phi) is 3.39. The third-order valence-corrected chi connectivity index (χ3v) is 4.96. The van der Waals surface area contributed by atoms with Crippen LogP contribution in [0, 0.1) is 0 Å². The van der Waals surface area contributed by atoms with Gasteiger partial charge in [0.25, 0.3) is 0 Å². The summed E-state index contributed by atoms with van der Waals surface area (Å²) >= 11 is 0. The Morgan fingerprint density at radius 2 is 2.27 bits per heavy atom. The van der Waals surface area contributed by atoms with E-state index in [-0.39, 0.29) is 6.04 Å². The van der Waals surface area contributed by atoms with E-state index in [1.165, 1.54) is 0 Å². The van der Waals surface area contributed by atoms with E-state index in [1.54, 1.807) is 6.20 Å². The first-order chi connectivity index (χ1) is 12.7. The molecule has 1 atom stereocenters. The standard InChI is InChI=1S/C18H19N7O/c1-11-9-26-6-5-25(11)18-17-15(24(2)10-20-17)7-13(22-18)16-12-3-4-19-14(12)8-21-23-16/h3-4,7-8,10-11,19H,5-6,9H2,1-2H3. The highest BCUT2D eigenvalue weighted by atomic mass is 16.5. The van der Waals surface area contributed by atoms with Crippen LogP contribution in [0.1, 0.15) is 6.92 Å². The summed E-state index contributed by atoms with van der Waals surface area (Å²) in [6.45, 7) is 4.32. The van der Waals surface area contributed by atoms with Gasteiger partial charge in [0.05, 0.1) is 48.5 Å². The number of aromatic nitrogens is 6. The lowest BCUT2D eigenvalue weighted by atomic mass is 10.1. The number of nitrogens with one attached hydrogen (secondary N) is 1. The van der Waals surface area contributed by atoms with Crippen LogP contribution >= 0.6 is 0 Å². The minimum Gasteiger partial charge on any atom is -0.377 e. The fraction of sp³-hybridized carbons (Fsp3) is 0.333. The third kappa shape index (κ3) is 2.26. The van der Waals surface area contributed by atoms with Crippen LogP contribution in [0.5, 0.6) is 0 Å². The molecule has 5 heterocycles. The van der Waals surface area contributed by atoms with Crippen molar-refractivity contribution < 1.29 is 4.74 Å². The van der Waals surface area contributed by atoms with Gasteiger partial charge in [0.2, 0.25) is 0 Å². The van der Waals surface area contributed by atoms with E-state index in [4.69, 9.17) is 9.72 Å². The maximum absolute atomic E-state index is 5.59. The van der Waals surface area contributed by atoms with Crippen molar-refractivity contribution in [2.24, 2.45) is 7.05 Å². The number of nitrogens with zero attached hydrogens (tertiary/aromatic N) is 6. The molecule has 26 heavy (non-hydrogen) atoms. The summed E-state index contributed by atoms with van der Waals surface area (Å²) in [7, 11) is 1.99. The summed E-state index contributed by atoms with van der Waals surface area (Å²) in [6, 6.07) is 4.28. The molecule has 0 aromatic carbocycles. The molecule has 0 aliphatic carbocycles. The van der Waals surface area contributed by atoms with Crippen molar-refractivity contribution in [1.82, 2.24) is 29.7 Å². The van der Waals surface area contributed by atoms with Gasteiger partial charge in [-0.15, -0.1) is 5.10 Å². The molecule has 1 saturated heterocycles. The number of pyridine rings is 1. The second-order valence-electron chi connectivity index (χ2n) is 6.67. The Morgan fingerprint density at radius 3 is 3.15 bits per heavy atom. The van der Waals surface area contributed by atoms with Crippen LogP contribution in [-0.4, -0.2) is 55.5 Å². The number of imidazole rings is 1. The van der Waals surface area contributed by atoms with Crippen molar-refractivity contribution >= 4 is 27.8 Å². The molecule has 4 aromatic heterocycles. The molecule has 8 heteroatoms. The first-order valence-electron chi connectivity index (χ1n) is 8.68. The molecule has 132 valence electrons. The fourth-order valence-electron chi connectivity index (χ4n) is 3.56. The van der Waals surface area contributed by atoms with Gasteiger partial charge in [-0.2, -0.15) is 5.10 Å². The number of rotatable bonds is 2. The van der Waals surface area contributed by atoms with E-state index in [9.17, 15) is 0 Å². The molecule has 1 aliphatic rings. The van der Waals surface area contributed by atoms with Gasteiger partial charge in [-0.25, -0.2) is 9.97 Å². The van der Waals surface area contributed by atoms with Crippen molar-refractivity contribution in [3.8, 4) is 11.4 Å². The van der Waals surface area contributed by atoms with Crippen LogP contribution in [0.25, 0.3) is 33.3 Å². The van der Waals surface area contributed by atoms with Gasteiger partial charge in [-0.1, -0.05) is 0 Å². The first kappa shape index (κ1) is 15.3. The molecular formula is C18H19N7O. The number of aryl methyl sites for hydroxylation is 1. The Labute approximate surface area is 149 Å². The molecular weight excluding hydrogens is 330 g/mol. The van der Waals surface area contributed by atoms with Crippen LogP contribution in [0.4, 0.5) is 5.82 Å². The highest BCUT2D eigenvalue weighted by Crippen LogP contribution is 2.32. The minimum absolute atomic E-state index is 0.242. The monoisotopic (exact) mass is 349 g/mol. The lowest BCUT2D eigenvalue weighted by Crippen LogP contribution is -2.44. The van der Waals surface area contributed by atoms with Gasteiger partial charge in [0.1, 0.15) is 11.2 Å². The zero-order valence-corrected chi connectivity index (χ0v) is 14.7. The third-order valence-electron chi connectivity index (χ3n) is 4.96. The number of aromatic amines is 1. The summed E-state index contributed by atoms with van der Waals surface area (Å²) in [5, 5.41) is 9.51. The van der Waals surface area contributed by atoms with Crippen molar-refractivity contribution in [3.63, 3.8) is 0 Å². The molecule has 4 aromatic rings. The van der Waals surface area contributed by atoms with E-state index in [2.05, 4.69) is 32.0 Å². The summed E-state index contributed by atoms with van der Waals surface area (Å²) in [4.78, 5) is 15.0. The topological polar surface area (TPSA) is 84.8 Å². The Hall–Kier alpha value is -3.00. The number of anilines is 1. The largest absolute Gasteiger partial charge is 0.377 e. The number of ether oxygens (including phenoxy) is 1. The Morgan fingerprint density at radius 1 is 1.35 bits per heavy atom. The minimum atomic E-state index is 0.242. The molecule has 1 N–H and O–H groups in total. The maximum atomic E-state index is 5.59. The van der Waals surface area contributed by atoms with Crippen LogP contribution < -0.4 is 4.90 Å². The molecule has 1 fully saturated rings. The Bertz CT molecular complexity index is 1100. The van der Waals surface area contributed by atoms with Crippen molar-refractivity contribution in [2.45, 2.75) is 13.0 Å². The predicted molar refractivity (Wildman–Crippen MR) is 99.0 cm³/mol. The zero-order valence-electron chi connectivity index (χ0n) is 14.7. The van der Waals surface area contributed by atoms with Gasteiger partial charge in [-0.3, -0.25) is 0 Å². The number of fused-ring (bicyclic) bond motifs is 2. The number of hydrogen-bond donors (Lipinski definition) is 1. The number of hydrogen-bond acceptors (Lipinski definition) is 6. The highest BCUT2D eigenvalue weighted by Gasteiger charge is 2.25. The average molecular weight is 349 g/mol. The summed E-state index contributed by atoms with van der Waals surface area (Å²) in [6.07, 6.45) is 5.45. The fourth-order valence-corrected chi connectivity index (χ4v) is 3.56. The normalized spacial score (nSPS) is 18.1. The van der Waals surface area contributed by atoms with E-state index >= 15 is 0 Å². The second-order valence-corrected chi connectivity index (χ2v) is 6.67. The van der Waals surface area contributed by atoms with Crippen molar-refractivity contribution in [3.05, 3.63) is 30.9 Å². The maximum Gasteiger partial charge on any atom is 0.157 e. The van der Waals surface area contributed by atoms with E-state index < -0.39 is 0 Å². The molecule has 0 bridgehead atoms. The molecule has 8 nitrogen and oxygen atoms in total. The SMILES string of the molecule is CC1COCCN1c1nc(-c2nncc3[nH]ccc23)cc2c1ncn2C. The molecule has 5 rings (SSSR count). The summed E-state index contributed by atoms with van der Waals surface area (Å²) in [5.41, 5.74) is 4.45. The van der Waals surface area contributed by atoms with Crippen LogP contribution in [-0.2, 0) is 11.8 Å². The molecule has 1 unspecified atom stereocenters. The smallest absolute Gasteiger partial charge is 0.157 e. The van der Waals surface area contributed by atoms with Gasteiger partial charge in [-0.05, 0) is 19.1 Å². The predicted octanol–water partition coefficient (Wildman–Crippen LogP) is 2.13.